The first kappa shape index (κ1) is 32.8. The highest BCUT2D eigenvalue weighted by atomic mass is 31.2. The van der Waals surface area contributed by atoms with E-state index in [2.05, 4.69) is 0 Å². The molecule has 0 heterocycles. The molecule has 0 bridgehead atoms. The Morgan fingerprint density at radius 3 is 1.35 bits per heavy atom. The van der Waals surface area contributed by atoms with Gasteiger partial charge in [-0.2, -0.15) is 39.5 Å². The molecule has 5 aromatic carbocycles. The van der Waals surface area contributed by atoms with Crippen LogP contribution in [0.5, 0.6) is 0 Å². The third-order valence-electron chi connectivity index (χ3n) is 7.27. The van der Waals surface area contributed by atoms with E-state index in [0.717, 1.165) is 36.4 Å². The third-order valence-corrected chi connectivity index (χ3v) is 10.4. The van der Waals surface area contributed by atoms with Crippen LogP contribution in [0, 0.1) is 0 Å². The van der Waals surface area contributed by atoms with E-state index in [1.807, 2.05) is 0 Å². The lowest BCUT2D eigenvalue weighted by atomic mass is 9.94. The van der Waals surface area contributed by atoms with Crippen molar-refractivity contribution in [2.24, 2.45) is 0 Å². The molecule has 0 saturated heterocycles. The van der Waals surface area contributed by atoms with Gasteiger partial charge in [-0.1, -0.05) is 84.9 Å². The Bertz CT molecular complexity index is 1830. The van der Waals surface area contributed by atoms with Crippen LogP contribution in [-0.2, 0) is 23.1 Å². The van der Waals surface area contributed by atoms with Crippen molar-refractivity contribution >= 4 is 34.7 Å². The Hall–Kier alpha value is -4.56. The van der Waals surface area contributed by atoms with Gasteiger partial charge in [-0.05, 0) is 70.8 Å². The minimum Gasteiger partial charge on any atom is -0.309 e. The van der Waals surface area contributed by atoms with E-state index < -0.39 is 42.4 Å². The van der Waals surface area contributed by atoms with Crippen LogP contribution in [0.4, 0.5) is 39.5 Å². The van der Waals surface area contributed by atoms with Crippen LogP contribution in [0.25, 0.3) is 11.6 Å². The SMILES string of the molecule is O=P(c1ccc(C(F)(F)F)cc1)(c1ccc(C(F)(F)F)cc1)c1ccc(C(F)(F)F)cc1/C(=C/c1ccccc1)c1ccccc1. The van der Waals surface area contributed by atoms with Gasteiger partial charge in [0.15, 0.2) is 7.14 Å². The van der Waals surface area contributed by atoms with E-state index in [9.17, 15) is 39.5 Å². The number of alkyl halides is 9. The number of hydrogen-bond donors (Lipinski definition) is 0. The summed E-state index contributed by atoms with van der Waals surface area (Å²) in [5.41, 5.74) is -2.19. The lowest BCUT2D eigenvalue weighted by Crippen LogP contribution is -2.28. The molecule has 0 radical (unpaired) electrons. The monoisotopic (exact) mass is 660 g/mol. The number of rotatable bonds is 6. The molecule has 0 atom stereocenters. The second-order valence-electron chi connectivity index (χ2n) is 10.3. The summed E-state index contributed by atoms with van der Waals surface area (Å²) in [6.07, 6.45) is -12.8. The standard InChI is InChI=1S/C35H22F9OP/c36-33(37,38)25-11-16-28(17-12-25)46(45,29-18-13-26(14-19-29)34(39,40)41)32-20-15-27(35(42,43)44)22-31(32)30(24-9-5-2-6-10-24)21-23-7-3-1-4-8-23/h1-22H/b30-21+. The largest absolute Gasteiger partial charge is 0.416 e. The fraction of sp³-hybridized carbons (Fsp3) is 0.0857. The third kappa shape index (κ3) is 6.82. The zero-order valence-corrected chi connectivity index (χ0v) is 24.4. The first-order valence-corrected chi connectivity index (χ1v) is 15.3. The van der Waals surface area contributed by atoms with Crippen LogP contribution in [0.1, 0.15) is 33.4 Å². The van der Waals surface area contributed by atoms with Gasteiger partial charge in [0.05, 0.1) is 16.7 Å². The van der Waals surface area contributed by atoms with Gasteiger partial charge in [0, 0.05) is 15.9 Å². The Kier molecular flexibility index (Phi) is 8.79. The normalized spacial score (nSPS) is 13.1. The maximum Gasteiger partial charge on any atom is 0.416 e. The van der Waals surface area contributed by atoms with E-state index in [0.29, 0.717) is 41.5 Å². The summed E-state index contributed by atoms with van der Waals surface area (Å²) in [7, 11) is -4.45. The van der Waals surface area contributed by atoms with Crippen molar-refractivity contribution < 1.29 is 44.1 Å². The maximum absolute atomic E-state index is 15.4. The van der Waals surface area contributed by atoms with Crippen molar-refractivity contribution in [2.45, 2.75) is 18.5 Å². The Labute approximate surface area is 258 Å². The molecule has 0 N–H and O–H groups in total. The quantitative estimate of drug-likeness (QED) is 0.101. The maximum atomic E-state index is 15.4. The molecule has 46 heavy (non-hydrogen) atoms. The highest BCUT2D eigenvalue weighted by Crippen LogP contribution is 2.47. The molecule has 0 fully saturated rings. The average Bonchev–Trinajstić information content (AvgIpc) is 3.03. The van der Waals surface area contributed by atoms with Gasteiger partial charge >= 0.3 is 18.5 Å². The second-order valence-corrected chi connectivity index (χ2v) is 13.0. The van der Waals surface area contributed by atoms with Gasteiger partial charge in [0.1, 0.15) is 0 Å². The van der Waals surface area contributed by atoms with Gasteiger partial charge in [0.25, 0.3) is 0 Å². The highest BCUT2D eigenvalue weighted by Gasteiger charge is 2.39. The Morgan fingerprint density at radius 2 is 0.913 bits per heavy atom. The topological polar surface area (TPSA) is 17.1 Å². The smallest absolute Gasteiger partial charge is 0.309 e. The van der Waals surface area contributed by atoms with Crippen molar-refractivity contribution in [1.82, 2.24) is 0 Å². The number of halogens is 9. The zero-order chi connectivity index (χ0) is 33.3. The van der Waals surface area contributed by atoms with Gasteiger partial charge < -0.3 is 4.57 Å². The van der Waals surface area contributed by atoms with Gasteiger partial charge in [0.2, 0.25) is 0 Å². The summed E-state index contributed by atoms with van der Waals surface area (Å²) in [5.74, 6) is 0. The van der Waals surface area contributed by atoms with Gasteiger partial charge in [-0.3, -0.25) is 0 Å². The van der Waals surface area contributed by atoms with Gasteiger partial charge in [-0.15, -0.1) is 0 Å². The number of hydrogen-bond acceptors (Lipinski definition) is 1. The molecule has 0 saturated carbocycles. The minimum atomic E-state index is -4.84. The highest BCUT2D eigenvalue weighted by molar-refractivity contribution is 7.85. The van der Waals surface area contributed by atoms with Gasteiger partial charge in [-0.25, -0.2) is 0 Å². The van der Waals surface area contributed by atoms with Crippen molar-refractivity contribution in [3.05, 3.63) is 161 Å². The molecule has 1 nitrogen and oxygen atoms in total. The first-order valence-electron chi connectivity index (χ1n) is 13.6. The minimum absolute atomic E-state index is 0.159. The van der Waals surface area contributed by atoms with Crippen LogP contribution >= 0.6 is 7.14 Å². The van der Waals surface area contributed by atoms with E-state index in [-0.39, 0.29) is 27.1 Å². The van der Waals surface area contributed by atoms with Crippen molar-refractivity contribution in [3.63, 3.8) is 0 Å². The fourth-order valence-corrected chi connectivity index (χ4v) is 7.80. The van der Waals surface area contributed by atoms with Crippen molar-refractivity contribution in [3.8, 4) is 0 Å². The molecular weight excluding hydrogens is 638 g/mol. The molecule has 0 spiro atoms. The molecule has 236 valence electrons. The molecule has 0 unspecified atom stereocenters. The summed E-state index contributed by atoms with van der Waals surface area (Å²) in [6.45, 7) is 0. The molecule has 0 amide bonds. The molecule has 0 aromatic heterocycles. The molecule has 0 aliphatic rings. The lowest BCUT2D eigenvalue weighted by molar-refractivity contribution is -0.138. The zero-order valence-electron chi connectivity index (χ0n) is 23.5. The summed E-state index contributed by atoms with van der Waals surface area (Å²) in [4.78, 5) is 0. The van der Waals surface area contributed by atoms with Crippen LogP contribution in [-0.4, -0.2) is 0 Å². The summed E-state index contributed by atoms with van der Waals surface area (Å²) >= 11 is 0. The first-order chi connectivity index (χ1) is 21.6. The predicted octanol–water partition coefficient (Wildman–Crippen LogP) is 9.97. The predicted molar refractivity (Wildman–Crippen MR) is 161 cm³/mol. The number of benzene rings is 5. The Balaban J connectivity index is 1.87. The van der Waals surface area contributed by atoms with E-state index in [1.54, 1.807) is 66.7 Å². The lowest BCUT2D eigenvalue weighted by Gasteiger charge is -2.25. The second kappa shape index (κ2) is 12.3. The van der Waals surface area contributed by atoms with Crippen LogP contribution in [0.2, 0.25) is 0 Å². The van der Waals surface area contributed by atoms with E-state index in [4.69, 9.17) is 0 Å². The molecule has 0 aliphatic carbocycles. The molecule has 0 aliphatic heterocycles. The molecule has 5 rings (SSSR count). The van der Waals surface area contributed by atoms with Crippen LogP contribution < -0.4 is 15.9 Å². The van der Waals surface area contributed by atoms with Crippen molar-refractivity contribution in [2.75, 3.05) is 0 Å². The molecular formula is C35H22F9OP. The molecule has 5 aromatic rings. The van der Waals surface area contributed by atoms with Crippen LogP contribution in [0.3, 0.4) is 0 Å². The van der Waals surface area contributed by atoms with Crippen LogP contribution in [0.15, 0.2) is 127 Å². The fourth-order valence-electron chi connectivity index (χ4n) is 5.00. The average molecular weight is 661 g/mol. The Morgan fingerprint density at radius 1 is 0.500 bits per heavy atom. The van der Waals surface area contributed by atoms with E-state index in [1.165, 1.54) is 0 Å². The summed E-state index contributed by atoms with van der Waals surface area (Å²) in [6, 6.07) is 25.7. The summed E-state index contributed by atoms with van der Waals surface area (Å²) in [5, 5.41) is -0.632. The van der Waals surface area contributed by atoms with Crippen molar-refractivity contribution in [1.29, 1.82) is 0 Å². The summed E-state index contributed by atoms with van der Waals surface area (Å²) < 4.78 is 139. The van der Waals surface area contributed by atoms with E-state index >= 15 is 4.57 Å². The molecule has 11 heteroatoms.